The first kappa shape index (κ1) is 32.7. The van der Waals surface area contributed by atoms with E-state index in [9.17, 15) is 0 Å². The van der Waals surface area contributed by atoms with E-state index >= 15 is 0 Å². The second-order valence-electron chi connectivity index (χ2n) is 14.7. The third kappa shape index (κ3) is 5.47. The van der Waals surface area contributed by atoms with Crippen LogP contribution in [0, 0.1) is 0 Å². The highest BCUT2D eigenvalue weighted by molar-refractivity contribution is 6.05. The van der Waals surface area contributed by atoms with Gasteiger partial charge in [0.2, 0.25) is 0 Å². The Morgan fingerprint density at radius 3 is 1.40 bits per heavy atom. The number of hydrogen-bond donors (Lipinski definition) is 0. The fourth-order valence-corrected chi connectivity index (χ4v) is 8.63. The first-order valence-electron chi connectivity index (χ1n) is 18.9. The molecule has 1 heterocycles. The number of benzene rings is 8. The van der Waals surface area contributed by atoms with Gasteiger partial charge in [-0.2, -0.15) is 0 Å². The molecule has 3 nitrogen and oxygen atoms in total. The largest absolute Gasteiger partial charge is 0.208 e. The van der Waals surface area contributed by atoms with Crippen molar-refractivity contribution in [2.45, 2.75) is 19.3 Å². The second kappa shape index (κ2) is 13.2. The average Bonchev–Trinajstić information content (AvgIpc) is 3.49. The lowest BCUT2D eigenvalue weighted by Crippen LogP contribution is -2.16. The number of hydrogen-bond acceptors (Lipinski definition) is 3. The molecule has 0 aliphatic heterocycles. The molecule has 0 saturated heterocycles. The van der Waals surface area contributed by atoms with E-state index in [1.165, 1.54) is 27.8 Å². The summed E-state index contributed by atoms with van der Waals surface area (Å²) in [4.78, 5) is 16.3. The van der Waals surface area contributed by atoms with Crippen molar-refractivity contribution in [1.82, 2.24) is 15.0 Å². The van der Waals surface area contributed by atoms with Gasteiger partial charge >= 0.3 is 0 Å². The summed E-state index contributed by atoms with van der Waals surface area (Å²) in [5.41, 5.74) is 14.6. The fraction of sp³-hybridized carbons (Fsp3) is 0.0577. The van der Waals surface area contributed by atoms with E-state index in [4.69, 9.17) is 15.0 Å². The van der Waals surface area contributed by atoms with Crippen molar-refractivity contribution in [3.05, 3.63) is 199 Å². The van der Waals surface area contributed by atoms with Gasteiger partial charge in [-0.3, -0.25) is 0 Å². The Bertz CT molecular complexity index is 2790. The standard InChI is InChI=1S/C52H37N3/c1-52(2)46-31-16-15-26-40(46)42-29-17-30-43(48(42)52)41-33-32-36-22-9-10-25-39(36)47(41)51-54-49(44-27-13-11-23-37(44)34-18-5-3-6-19-34)53-50(55-51)45-28-14-12-24-38(45)35-20-7-4-8-21-35/h3-33H,1-2H3. The second-order valence-corrected chi connectivity index (χ2v) is 14.7. The topological polar surface area (TPSA) is 38.7 Å². The van der Waals surface area contributed by atoms with Crippen LogP contribution < -0.4 is 0 Å². The molecule has 0 spiro atoms. The summed E-state index contributed by atoms with van der Waals surface area (Å²) in [6, 6.07) is 66.5. The molecule has 3 heteroatoms. The predicted molar refractivity (Wildman–Crippen MR) is 228 cm³/mol. The molecule has 0 fully saturated rings. The van der Waals surface area contributed by atoms with Crippen LogP contribution in [0.5, 0.6) is 0 Å². The van der Waals surface area contributed by atoms with Gasteiger partial charge in [-0.1, -0.05) is 202 Å². The Morgan fingerprint density at radius 1 is 0.327 bits per heavy atom. The minimum Gasteiger partial charge on any atom is -0.208 e. The van der Waals surface area contributed by atoms with Crippen LogP contribution in [0.3, 0.4) is 0 Å². The highest BCUT2D eigenvalue weighted by Gasteiger charge is 2.38. The molecule has 8 aromatic carbocycles. The van der Waals surface area contributed by atoms with Gasteiger partial charge in [-0.15, -0.1) is 0 Å². The summed E-state index contributed by atoms with van der Waals surface area (Å²) in [7, 11) is 0. The molecule has 0 radical (unpaired) electrons. The summed E-state index contributed by atoms with van der Waals surface area (Å²) < 4.78 is 0. The van der Waals surface area contributed by atoms with E-state index in [1.807, 2.05) is 12.1 Å². The molecular weight excluding hydrogens is 667 g/mol. The van der Waals surface area contributed by atoms with E-state index in [0.717, 1.165) is 55.3 Å². The highest BCUT2D eigenvalue weighted by Crippen LogP contribution is 2.53. The lowest BCUT2D eigenvalue weighted by Gasteiger charge is -2.25. The van der Waals surface area contributed by atoms with Gasteiger partial charge in [-0.25, -0.2) is 15.0 Å². The Morgan fingerprint density at radius 2 is 0.782 bits per heavy atom. The molecule has 1 aliphatic rings. The van der Waals surface area contributed by atoms with Gasteiger partial charge in [0.1, 0.15) is 0 Å². The number of nitrogens with zero attached hydrogens (tertiary/aromatic N) is 3. The van der Waals surface area contributed by atoms with Gasteiger partial charge in [0.15, 0.2) is 17.5 Å². The zero-order chi connectivity index (χ0) is 36.9. The molecule has 9 aromatic rings. The van der Waals surface area contributed by atoms with Gasteiger partial charge in [0.25, 0.3) is 0 Å². The van der Waals surface area contributed by atoms with Crippen molar-refractivity contribution in [3.8, 4) is 78.7 Å². The first-order chi connectivity index (χ1) is 27.1. The van der Waals surface area contributed by atoms with E-state index in [-0.39, 0.29) is 5.41 Å². The minimum absolute atomic E-state index is 0.204. The quantitative estimate of drug-likeness (QED) is 0.173. The molecule has 1 aliphatic carbocycles. The van der Waals surface area contributed by atoms with Crippen LogP contribution in [-0.2, 0) is 5.41 Å². The molecule has 10 rings (SSSR count). The zero-order valence-electron chi connectivity index (χ0n) is 30.7. The molecule has 55 heavy (non-hydrogen) atoms. The maximum absolute atomic E-state index is 5.47. The Kier molecular flexibility index (Phi) is 7.81. The monoisotopic (exact) mass is 703 g/mol. The van der Waals surface area contributed by atoms with Crippen LogP contribution >= 0.6 is 0 Å². The molecule has 0 N–H and O–H groups in total. The number of aromatic nitrogens is 3. The lowest BCUT2D eigenvalue weighted by atomic mass is 9.78. The van der Waals surface area contributed by atoms with Crippen molar-refractivity contribution in [1.29, 1.82) is 0 Å². The van der Waals surface area contributed by atoms with Crippen LogP contribution in [0.2, 0.25) is 0 Å². The van der Waals surface area contributed by atoms with Crippen molar-refractivity contribution >= 4 is 10.8 Å². The summed E-state index contributed by atoms with van der Waals surface area (Å²) >= 11 is 0. The van der Waals surface area contributed by atoms with Gasteiger partial charge in [-0.05, 0) is 66.4 Å². The first-order valence-corrected chi connectivity index (χ1v) is 18.9. The van der Waals surface area contributed by atoms with Crippen LogP contribution in [-0.4, -0.2) is 15.0 Å². The van der Waals surface area contributed by atoms with Crippen molar-refractivity contribution in [2.75, 3.05) is 0 Å². The van der Waals surface area contributed by atoms with Crippen molar-refractivity contribution < 1.29 is 0 Å². The fourth-order valence-electron chi connectivity index (χ4n) is 8.63. The minimum atomic E-state index is -0.204. The lowest BCUT2D eigenvalue weighted by molar-refractivity contribution is 0.662. The van der Waals surface area contributed by atoms with E-state index in [2.05, 4.69) is 190 Å². The molecule has 0 saturated carbocycles. The smallest absolute Gasteiger partial charge is 0.165 e. The van der Waals surface area contributed by atoms with Gasteiger partial charge in [0, 0.05) is 22.1 Å². The molecule has 1 aromatic heterocycles. The molecule has 0 atom stereocenters. The van der Waals surface area contributed by atoms with Crippen molar-refractivity contribution in [3.63, 3.8) is 0 Å². The van der Waals surface area contributed by atoms with Crippen molar-refractivity contribution in [2.24, 2.45) is 0 Å². The van der Waals surface area contributed by atoms with Crippen LogP contribution in [0.1, 0.15) is 25.0 Å². The summed E-state index contributed by atoms with van der Waals surface area (Å²) in [6.07, 6.45) is 0. The zero-order valence-corrected chi connectivity index (χ0v) is 30.7. The Balaban J connectivity index is 1.29. The van der Waals surface area contributed by atoms with Gasteiger partial charge in [0.05, 0.1) is 0 Å². The number of fused-ring (bicyclic) bond motifs is 4. The maximum Gasteiger partial charge on any atom is 0.165 e. The summed E-state index contributed by atoms with van der Waals surface area (Å²) in [6.45, 7) is 4.70. The maximum atomic E-state index is 5.47. The van der Waals surface area contributed by atoms with E-state index < -0.39 is 0 Å². The van der Waals surface area contributed by atoms with Crippen LogP contribution in [0.25, 0.3) is 89.4 Å². The highest BCUT2D eigenvalue weighted by atomic mass is 15.0. The SMILES string of the molecule is CC1(C)c2ccccc2-c2cccc(-c3ccc4ccccc4c3-c3nc(-c4ccccc4-c4ccccc4)nc(-c4ccccc4-c4ccccc4)n3)c21. The van der Waals surface area contributed by atoms with E-state index in [0.29, 0.717) is 17.5 Å². The third-order valence-corrected chi connectivity index (χ3v) is 11.2. The van der Waals surface area contributed by atoms with Crippen LogP contribution in [0.15, 0.2) is 188 Å². The van der Waals surface area contributed by atoms with E-state index in [1.54, 1.807) is 0 Å². The molecule has 0 unspecified atom stereocenters. The summed E-state index contributed by atoms with van der Waals surface area (Å²) in [5, 5.41) is 2.23. The van der Waals surface area contributed by atoms with Crippen LogP contribution in [0.4, 0.5) is 0 Å². The van der Waals surface area contributed by atoms with Gasteiger partial charge < -0.3 is 0 Å². The average molecular weight is 704 g/mol. The predicted octanol–water partition coefficient (Wildman–Crippen LogP) is 13.3. The molecule has 260 valence electrons. The number of rotatable bonds is 6. The summed E-state index contributed by atoms with van der Waals surface area (Å²) in [5.74, 6) is 1.91. The third-order valence-electron chi connectivity index (χ3n) is 11.2. The molecule has 0 amide bonds. The normalized spacial score (nSPS) is 12.7. The molecule has 0 bridgehead atoms. The Hall–Kier alpha value is -6.97. The Labute approximate surface area is 321 Å². The molecular formula is C52H37N3.